The van der Waals surface area contributed by atoms with Gasteiger partial charge in [0.25, 0.3) is 0 Å². The number of halogens is 1. The molecule has 0 fully saturated rings. The maximum absolute atomic E-state index is 6.03. The molecule has 126 valence electrons. The van der Waals surface area contributed by atoms with E-state index in [1.165, 1.54) is 0 Å². The van der Waals surface area contributed by atoms with E-state index in [9.17, 15) is 0 Å². The second-order valence-corrected chi connectivity index (χ2v) is 5.83. The predicted octanol–water partition coefficient (Wildman–Crippen LogP) is 3.48. The third kappa shape index (κ3) is 4.43. The summed E-state index contributed by atoms with van der Waals surface area (Å²) in [5.41, 5.74) is 0.837. The van der Waals surface area contributed by atoms with Crippen molar-refractivity contribution in [1.82, 2.24) is 5.32 Å². The monoisotopic (exact) mass is 364 g/mol. The molecule has 0 saturated heterocycles. The van der Waals surface area contributed by atoms with Gasteiger partial charge in [0.05, 0.1) is 11.6 Å². The Hall–Kier alpha value is -2.18. The maximum Gasteiger partial charge on any atom is 0.170 e. The first-order valence-electron chi connectivity index (χ1n) is 7.54. The van der Waals surface area contributed by atoms with Gasteiger partial charge in [-0.3, -0.25) is 0 Å². The lowest BCUT2D eigenvalue weighted by Gasteiger charge is -2.19. The summed E-state index contributed by atoms with van der Waals surface area (Å²) in [7, 11) is 0. The number of nitrogens with one attached hydrogen (secondary N) is 2. The molecule has 2 aromatic rings. The van der Waals surface area contributed by atoms with Crippen LogP contribution in [0.25, 0.3) is 0 Å². The molecule has 3 rings (SSSR count). The van der Waals surface area contributed by atoms with Crippen LogP contribution in [-0.2, 0) is 0 Å². The van der Waals surface area contributed by atoms with Crippen LogP contribution in [0.5, 0.6) is 17.2 Å². The van der Waals surface area contributed by atoms with Gasteiger partial charge in [-0.1, -0.05) is 23.7 Å². The first-order chi connectivity index (χ1) is 11.7. The van der Waals surface area contributed by atoms with Crippen molar-refractivity contribution in [1.29, 1.82) is 0 Å². The number of benzene rings is 2. The van der Waals surface area contributed by atoms with Crippen LogP contribution in [0.15, 0.2) is 42.5 Å². The van der Waals surface area contributed by atoms with Crippen LogP contribution in [0.4, 0.5) is 5.69 Å². The van der Waals surface area contributed by atoms with Gasteiger partial charge in [-0.15, -0.1) is 0 Å². The second kappa shape index (κ2) is 8.08. The molecule has 1 aliphatic rings. The molecule has 0 aliphatic carbocycles. The summed E-state index contributed by atoms with van der Waals surface area (Å²) in [6.45, 7) is 2.14. The second-order valence-electron chi connectivity index (χ2n) is 5.02. The standard InChI is InChI=1S/C17H17ClN2O3S/c18-13-3-1-2-4-14(13)21-8-7-19-17(24)20-12-5-6-15-16(11-12)23-10-9-22-15/h1-6,11H,7-10H2,(H2,19,20,24). The average molecular weight is 365 g/mol. The Bertz CT molecular complexity index is 727. The lowest BCUT2D eigenvalue weighted by Crippen LogP contribution is -2.32. The van der Waals surface area contributed by atoms with Crippen LogP contribution in [0.2, 0.25) is 5.02 Å². The minimum atomic E-state index is 0.451. The van der Waals surface area contributed by atoms with E-state index in [2.05, 4.69) is 10.6 Å². The minimum absolute atomic E-state index is 0.451. The SMILES string of the molecule is S=C(NCCOc1ccccc1Cl)Nc1ccc2c(c1)OCCO2. The average Bonchev–Trinajstić information content (AvgIpc) is 2.60. The Morgan fingerprint density at radius 2 is 1.92 bits per heavy atom. The Morgan fingerprint density at radius 3 is 2.75 bits per heavy atom. The molecule has 0 radical (unpaired) electrons. The molecular formula is C17H17ClN2O3S. The van der Waals surface area contributed by atoms with Gasteiger partial charge in [0.15, 0.2) is 16.6 Å². The van der Waals surface area contributed by atoms with Crippen LogP contribution in [-0.4, -0.2) is 31.5 Å². The summed E-state index contributed by atoms with van der Waals surface area (Å²) < 4.78 is 16.6. The van der Waals surface area contributed by atoms with Crippen molar-refractivity contribution in [2.45, 2.75) is 0 Å². The molecular weight excluding hydrogens is 348 g/mol. The van der Waals surface area contributed by atoms with Gasteiger partial charge in [0, 0.05) is 11.8 Å². The molecule has 0 saturated carbocycles. The van der Waals surface area contributed by atoms with E-state index in [0.717, 1.165) is 17.2 Å². The van der Waals surface area contributed by atoms with E-state index < -0.39 is 0 Å². The normalized spacial score (nSPS) is 12.4. The van der Waals surface area contributed by atoms with Gasteiger partial charge in [-0.05, 0) is 36.5 Å². The van der Waals surface area contributed by atoms with Crippen molar-refractivity contribution in [2.75, 3.05) is 31.7 Å². The van der Waals surface area contributed by atoms with Crippen LogP contribution in [0.3, 0.4) is 0 Å². The predicted molar refractivity (Wildman–Crippen MR) is 98.6 cm³/mol. The van der Waals surface area contributed by atoms with E-state index >= 15 is 0 Å². The summed E-state index contributed by atoms with van der Waals surface area (Å²) in [6, 6.07) is 13.0. The minimum Gasteiger partial charge on any atom is -0.490 e. The first-order valence-corrected chi connectivity index (χ1v) is 8.33. The summed E-state index contributed by atoms with van der Waals surface area (Å²) >= 11 is 11.3. The highest BCUT2D eigenvalue weighted by molar-refractivity contribution is 7.80. The summed E-state index contributed by atoms with van der Waals surface area (Å²) in [6.07, 6.45) is 0. The topological polar surface area (TPSA) is 51.8 Å². The fraction of sp³-hybridized carbons (Fsp3) is 0.235. The molecule has 0 amide bonds. The molecule has 5 nitrogen and oxygen atoms in total. The smallest absolute Gasteiger partial charge is 0.170 e. The van der Waals surface area contributed by atoms with Crippen molar-refractivity contribution in [3.8, 4) is 17.2 Å². The third-order valence-electron chi connectivity index (χ3n) is 3.28. The number of hydrogen-bond donors (Lipinski definition) is 2. The Kier molecular flexibility index (Phi) is 5.61. The highest BCUT2D eigenvalue weighted by Crippen LogP contribution is 2.32. The molecule has 24 heavy (non-hydrogen) atoms. The van der Waals surface area contributed by atoms with Crippen LogP contribution >= 0.6 is 23.8 Å². The fourth-order valence-corrected chi connectivity index (χ4v) is 2.59. The molecule has 2 aromatic carbocycles. The summed E-state index contributed by atoms with van der Waals surface area (Å²) in [4.78, 5) is 0. The number of rotatable bonds is 5. The van der Waals surface area contributed by atoms with Gasteiger partial charge in [0.1, 0.15) is 25.6 Å². The zero-order valence-corrected chi connectivity index (χ0v) is 14.5. The van der Waals surface area contributed by atoms with E-state index in [-0.39, 0.29) is 0 Å². The van der Waals surface area contributed by atoms with Crippen molar-refractivity contribution in [3.05, 3.63) is 47.5 Å². The fourth-order valence-electron chi connectivity index (χ4n) is 2.18. The molecule has 0 bridgehead atoms. The van der Waals surface area contributed by atoms with Crippen molar-refractivity contribution < 1.29 is 14.2 Å². The van der Waals surface area contributed by atoms with Gasteiger partial charge >= 0.3 is 0 Å². The Balaban J connectivity index is 1.43. The highest BCUT2D eigenvalue weighted by Gasteiger charge is 2.12. The van der Waals surface area contributed by atoms with Gasteiger partial charge in [-0.25, -0.2) is 0 Å². The molecule has 0 atom stereocenters. The number of hydrogen-bond acceptors (Lipinski definition) is 4. The number of thiocarbonyl (C=S) groups is 1. The molecule has 7 heteroatoms. The summed E-state index contributed by atoms with van der Waals surface area (Å²) in [5, 5.41) is 7.29. The maximum atomic E-state index is 6.03. The number of ether oxygens (including phenoxy) is 3. The Labute approximate surface area is 150 Å². The molecule has 1 aliphatic heterocycles. The first kappa shape index (κ1) is 16.7. The highest BCUT2D eigenvalue weighted by atomic mass is 35.5. The van der Waals surface area contributed by atoms with E-state index in [0.29, 0.717) is 42.2 Å². The largest absolute Gasteiger partial charge is 0.490 e. The molecule has 0 unspecified atom stereocenters. The molecule has 2 N–H and O–H groups in total. The third-order valence-corrected chi connectivity index (χ3v) is 3.84. The van der Waals surface area contributed by atoms with Gasteiger partial charge < -0.3 is 24.8 Å². The summed E-state index contributed by atoms with van der Waals surface area (Å²) in [5.74, 6) is 2.13. The van der Waals surface area contributed by atoms with E-state index in [1.54, 1.807) is 6.07 Å². The number of anilines is 1. The van der Waals surface area contributed by atoms with Gasteiger partial charge in [0.2, 0.25) is 0 Å². The van der Waals surface area contributed by atoms with Crippen LogP contribution < -0.4 is 24.8 Å². The van der Waals surface area contributed by atoms with E-state index in [1.807, 2.05) is 36.4 Å². The molecule has 0 aromatic heterocycles. The Morgan fingerprint density at radius 1 is 1.12 bits per heavy atom. The molecule has 1 heterocycles. The van der Waals surface area contributed by atoms with Gasteiger partial charge in [-0.2, -0.15) is 0 Å². The lowest BCUT2D eigenvalue weighted by atomic mass is 10.2. The lowest BCUT2D eigenvalue weighted by molar-refractivity contribution is 0.171. The van der Waals surface area contributed by atoms with Crippen molar-refractivity contribution >= 4 is 34.6 Å². The van der Waals surface area contributed by atoms with Crippen LogP contribution in [0.1, 0.15) is 0 Å². The van der Waals surface area contributed by atoms with Crippen molar-refractivity contribution in [2.24, 2.45) is 0 Å². The zero-order valence-electron chi connectivity index (χ0n) is 12.9. The quantitative estimate of drug-likeness (QED) is 0.626. The number of fused-ring (bicyclic) bond motifs is 1. The van der Waals surface area contributed by atoms with Crippen LogP contribution in [0, 0.1) is 0 Å². The number of para-hydroxylation sites is 1. The zero-order chi connectivity index (χ0) is 16.8. The molecule has 0 spiro atoms. The van der Waals surface area contributed by atoms with E-state index in [4.69, 9.17) is 38.0 Å². The van der Waals surface area contributed by atoms with Crippen molar-refractivity contribution in [3.63, 3.8) is 0 Å².